The van der Waals surface area contributed by atoms with Gasteiger partial charge in [0.2, 0.25) is 0 Å². The summed E-state index contributed by atoms with van der Waals surface area (Å²) in [6.07, 6.45) is 5.78. The van der Waals surface area contributed by atoms with Crippen molar-refractivity contribution in [1.29, 1.82) is 0 Å². The first-order chi connectivity index (χ1) is 13.7. The van der Waals surface area contributed by atoms with Crippen LogP contribution in [0.1, 0.15) is 23.2 Å². The summed E-state index contributed by atoms with van der Waals surface area (Å²) in [5.74, 6) is 0.434. The molecule has 28 heavy (non-hydrogen) atoms. The molecule has 1 amide bonds. The van der Waals surface area contributed by atoms with Gasteiger partial charge in [-0.05, 0) is 37.1 Å². The maximum atomic E-state index is 12.5. The lowest BCUT2D eigenvalue weighted by atomic mass is 10.0. The molecule has 1 aliphatic rings. The average molecular weight is 379 g/mol. The molecule has 1 aliphatic heterocycles. The summed E-state index contributed by atoms with van der Waals surface area (Å²) in [5.41, 5.74) is 9.25. The standard InChI is InChI=1S/C21H25N5O2/c22-20-6-4-15(11-26-20)18-13-25-19-10-14(3-5-17(18)19)21(27)24-7-1-2-16-12-23-8-9-28-16/h3-6,10-11,13,16,23,25H,1-2,7-9,12H2,(H2,22,26)(H,24,27). The second-order valence-electron chi connectivity index (χ2n) is 7.03. The Morgan fingerprint density at radius 3 is 3.04 bits per heavy atom. The highest BCUT2D eigenvalue weighted by atomic mass is 16.5. The number of nitrogens with zero attached hydrogens (tertiary/aromatic N) is 1. The highest BCUT2D eigenvalue weighted by Crippen LogP contribution is 2.29. The molecular weight excluding hydrogens is 354 g/mol. The lowest BCUT2D eigenvalue weighted by Crippen LogP contribution is -2.38. The van der Waals surface area contributed by atoms with Crippen LogP contribution in [0.5, 0.6) is 0 Å². The van der Waals surface area contributed by atoms with Crippen LogP contribution in [0, 0.1) is 0 Å². The summed E-state index contributed by atoms with van der Waals surface area (Å²) in [6, 6.07) is 9.43. The van der Waals surface area contributed by atoms with Crippen molar-refractivity contribution < 1.29 is 9.53 Å². The number of H-pyrrole nitrogens is 1. The van der Waals surface area contributed by atoms with E-state index in [4.69, 9.17) is 10.5 Å². The number of anilines is 1. The van der Waals surface area contributed by atoms with Crippen molar-refractivity contribution in [3.05, 3.63) is 48.3 Å². The number of pyridine rings is 1. The minimum atomic E-state index is -0.0603. The Bertz CT molecular complexity index is 945. The van der Waals surface area contributed by atoms with Gasteiger partial charge in [-0.25, -0.2) is 4.98 Å². The lowest BCUT2D eigenvalue weighted by Gasteiger charge is -2.23. The van der Waals surface area contributed by atoms with E-state index < -0.39 is 0 Å². The van der Waals surface area contributed by atoms with E-state index >= 15 is 0 Å². The number of aromatic nitrogens is 2. The molecule has 146 valence electrons. The number of morpholine rings is 1. The number of ether oxygens (including phenoxy) is 1. The second-order valence-corrected chi connectivity index (χ2v) is 7.03. The molecule has 0 aliphatic carbocycles. The van der Waals surface area contributed by atoms with Crippen molar-refractivity contribution in [2.45, 2.75) is 18.9 Å². The van der Waals surface area contributed by atoms with E-state index in [0.29, 0.717) is 17.9 Å². The molecule has 0 spiro atoms. The summed E-state index contributed by atoms with van der Waals surface area (Å²) >= 11 is 0. The van der Waals surface area contributed by atoms with E-state index in [2.05, 4.69) is 20.6 Å². The predicted molar refractivity (Wildman–Crippen MR) is 110 cm³/mol. The number of nitrogens with two attached hydrogens (primary N) is 1. The third kappa shape index (κ3) is 4.16. The monoisotopic (exact) mass is 379 g/mol. The van der Waals surface area contributed by atoms with Crippen molar-refractivity contribution in [1.82, 2.24) is 20.6 Å². The van der Waals surface area contributed by atoms with Crippen molar-refractivity contribution in [2.24, 2.45) is 0 Å². The molecule has 0 radical (unpaired) electrons. The molecule has 0 saturated carbocycles. The van der Waals surface area contributed by atoms with Gasteiger partial charge >= 0.3 is 0 Å². The Kier molecular flexibility index (Phi) is 5.55. The molecule has 3 heterocycles. The quantitative estimate of drug-likeness (QED) is 0.492. The highest BCUT2D eigenvalue weighted by Gasteiger charge is 2.14. The number of carbonyl (C=O) groups is 1. The molecule has 1 saturated heterocycles. The average Bonchev–Trinajstić information content (AvgIpc) is 3.15. The number of rotatable bonds is 6. The van der Waals surface area contributed by atoms with Crippen LogP contribution in [0.4, 0.5) is 5.82 Å². The van der Waals surface area contributed by atoms with Crippen LogP contribution < -0.4 is 16.4 Å². The van der Waals surface area contributed by atoms with Gasteiger partial charge in [0.1, 0.15) is 5.82 Å². The summed E-state index contributed by atoms with van der Waals surface area (Å²) < 4.78 is 5.67. The number of fused-ring (bicyclic) bond motifs is 1. The van der Waals surface area contributed by atoms with Crippen molar-refractivity contribution in [2.75, 3.05) is 32.0 Å². The third-order valence-corrected chi connectivity index (χ3v) is 5.03. The molecule has 1 fully saturated rings. The largest absolute Gasteiger partial charge is 0.384 e. The first-order valence-electron chi connectivity index (χ1n) is 9.64. The molecule has 1 atom stereocenters. The van der Waals surface area contributed by atoms with E-state index in [1.165, 1.54) is 0 Å². The zero-order valence-corrected chi connectivity index (χ0v) is 15.7. The molecule has 1 unspecified atom stereocenters. The van der Waals surface area contributed by atoms with Gasteiger partial charge in [-0.3, -0.25) is 4.79 Å². The molecule has 0 bridgehead atoms. The fourth-order valence-corrected chi connectivity index (χ4v) is 3.51. The number of benzene rings is 1. The third-order valence-electron chi connectivity index (χ3n) is 5.03. The van der Waals surface area contributed by atoms with Crippen LogP contribution in [-0.4, -0.2) is 48.2 Å². The number of hydrogen-bond acceptors (Lipinski definition) is 5. The van der Waals surface area contributed by atoms with Gasteiger partial charge < -0.3 is 26.1 Å². The molecule has 7 heteroatoms. The maximum Gasteiger partial charge on any atom is 0.251 e. The number of amides is 1. The zero-order valence-electron chi connectivity index (χ0n) is 15.7. The number of nitrogen functional groups attached to an aromatic ring is 1. The Morgan fingerprint density at radius 2 is 2.25 bits per heavy atom. The molecule has 7 nitrogen and oxygen atoms in total. The summed E-state index contributed by atoms with van der Waals surface area (Å²) in [4.78, 5) is 19.9. The Hall–Kier alpha value is -2.90. The van der Waals surface area contributed by atoms with Crippen LogP contribution in [0.3, 0.4) is 0 Å². The fraction of sp³-hybridized carbons (Fsp3) is 0.333. The Balaban J connectivity index is 1.37. The summed E-state index contributed by atoms with van der Waals surface area (Å²) in [6.45, 7) is 3.22. The fourth-order valence-electron chi connectivity index (χ4n) is 3.51. The normalized spacial score (nSPS) is 16.9. The van der Waals surface area contributed by atoms with Gasteiger partial charge in [-0.2, -0.15) is 0 Å². The minimum absolute atomic E-state index is 0.0603. The van der Waals surface area contributed by atoms with Gasteiger partial charge in [-0.1, -0.05) is 6.07 Å². The van der Waals surface area contributed by atoms with Crippen molar-refractivity contribution >= 4 is 22.6 Å². The SMILES string of the molecule is Nc1ccc(-c2c[nH]c3cc(C(=O)NCCCC4CNCCO4)ccc23)cn1. The Labute approximate surface area is 163 Å². The van der Waals surface area contributed by atoms with Crippen LogP contribution in [0.2, 0.25) is 0 Å². The van der Waals surface area contributed by atoms with E-state index in [9.17, 15) is 4.79 Å². The van der Waals surface area contributed by atoms with Gasteiger partial charge in [0, 0.05) is 59.6 Å². The summed E-state index contributed by atoms with van der Waals surface area (Å²) in [7, 11) is 0. The van der Waals surface area contributed by atoms with Gasteiger partial charge in [-0.15, -0.1) is 0 Å². The van der Waals surface area contributed by atoms with Crippen LogP contribution >= 0.6 is 0 Å². The maximum absolute atomic E-state index is 12.5. The molecule has 5 N–H and O–H groups in total. The lowest BCUT2D eigenvalue weighted by molar-refractivity contribution is 0.0225. The van der Waals surface area contributed by atoms with Crippen molar-refractivity contribution in [3.63, 3.8) is 0 Å². The van der Waals surface area contributed by atoms with Gasteiger partial charge in [0.25, 0.3) is 5.91 Å². The van der Waals surface area contributed by atoms with E-state index in [0.717, 1.165) is 54.6 Å². The predicted octanol–water partition coefficient (Wildman–Crippen LogP) is 2.31. The number of aromatic amines is 1. The van der Waals surface area contributed by atoms with Gasteiger partial charge in [0.05, 0.1) is 12.7 Å². The van der Waals surface area contributed by atoms with E-state index in [1.54, 1.807) is 12.3 Å². The topological polar surface area (TPSA) is 105 Å². The molecule has 1 aromatic carbocycles. The molecule has 3 aromatic rings. The van der Waals surface area contributed by atoms with Crippen LogP contribution in [0.25, 0.3) is 22.0 Å². The van der Waals surface area contributed by atoms with E-state index in [1.807, 2.05) is 30.5 Å². The molecule has 4 rings (SSSR count). The zero-order chi connectivity index (χ0) is 19.3. The molecule has 2 aromatic heterocycles. The molecular formula is C21H25N5O2. The number of carbonyl (C=O) groups excluding carboxylic acids is 1. The smallest absolute Gasteiger partial charge is 0.251 e. The van der Waals surface area contributed by atoms with Crippen molar-refractivity contribution in [3.8, 4) is 11.1 Å². The van der Waals surface area contributed by atoms with Crippen LogP contribution in [-0.2, 0) is 4.74 Å². The second kappa shape index (κ2) is 8.41. The number of nitrogens with one attached hydrogen (secondary N) is 3. The summed E-state index contributed by atoms with van der Waals surface area (Å²) in [5, 5.41) is 7.36. The minimum Gasteiger partial charge on any atom is -0.384 e. The Morgan fingerprint density at radius 1 is 1.32 bits per heavy atom. The van der Waals surface area contributed by atoms with Gasteiger partial charge in [0.15, 0.2) is 0 Å². The highest BCUT2D eigenvalue weighted by molar-refractivity contribution is 6.01. The van der Waals surface area contributed by atoms with E-state index in [-0.39, 0.29) is 12.0 Å². The first-order valence-corrected chi connectivity index (χ1v) is 9.64. The first kappa shape index (κ1) is 18.5. The van der Waals surface area contributed by atoms with Crippen LogP contribution in [0.15, 0.2) is 42.7 Å². The number of hydrogen-bond donors (Lipinski definition) is 4.